The van der Waals surface area contributed by atoms with Crippen LogP contribution in [0.25, 0.3) is 10.2 Å². The summed E-state index contributed by atoms with van der Waals surface area (Å²) in [6.07, 6.45) is 0.0233. The Morgan fingerprint density at radius 1 is 1.21 bits per heavy atom. The molecule has 28 heavy (non-hydrogen) atoms. The van der Waals surface area contributed by atoms with Gasteiger partial charge in [0.25, 0.3) is 5.91 Å². The Balaban J connectivity index is 1.74. The number of rotatable bonds is 4. The van der Waals surface area contributed by atoms with Gasteiger partial charge in [0.15, 0.2) is 16.3 Å². The quantitative estimate of drug-likeness (QED) is 0.627. The molecule has 0 saturated carbocycles. The van der Waals surface area contributed by atoms with E-state index < -0.39 is 11.9 Å². The predicted molar refractivity (Wildman–Crippen MR) is 98.6 cm³/mol. The Bertz CT molecular complexity index is 1130. The summed E-state index contributed by atoms with van der Waals surface area (Å²) in [6, 6.07) is 9.20. The molecule has 0 saturated heterocycles. The van der Waals surface area contributed by atoms with Crippen molar-refractivity contribution in [2.24, 2.45) is 4.99 Å². The standard InChI is InChI=1S/C19H15FN2O5S/c1-25-18(24)9-22-13-7-14-15(27-10-26-14)8-16(13)28-19(22)21-17(23)6-11-2-4-12(20)5-3-11/h2-5,7-8H,6,9-10H2,1H3. The zero-order valence-electron chi connectivity index (χ0n) is 14.8. The summed E-state index contributed by atoms with van der Waals surface area (Å²) in [5.74, 6) is -0.0797. The lowest BCUT2D eigenvalue weighted by atomic mass is 10.1. The van der Waals surface area contributed by atoms with E-state index in [1.807, 2.05) is 0 Å². The Morgan fingerprint density at radius 2 is 1.93 bits per heavy atom. The van der Waals surface area contributed by atoms with Crippen LogP contribution < -0.4 is 14.3 Å². The molecule has 144 valence electrons. The molecule has 1 aliphatic heterocycles. The van der Waals surface area contributed by atoms with Crippen LogP contribution >= 0.6 is 11.3 Å². The summed E-state index contributed by atoms with van der Waals surface area (Å²) in [6.45, 7) is 0.0375. The molecular weight excluding hydrogens is 387 g/mol. The molecule has 3 aromatic rings. The van der Waals surface area contributed by atoms with Gasteiger partial charge in [0, 0.05) is 12.1 Å². The first-order valence-electron chi connectivity index (χ1n) is 8.35. The van der Waals surface area contributed by atoms with Gasteiger partial charge in [-0.15, -0.1) is 0 Å². The summed E-state index contributed by atoms with van der Waals surface area (Å²) >= 11 is 1.26. The second-order valence-electron chi connectivity index (χ2n) is 6.03. The van der Waals surface area contributed by atoms with E-state index in [4.69, 9.17) is 14.2 Å². The van der Waals surface area contributed by atoms with E-state index in [9.17, 15) is 14.0 Å². The number of aromatic nitrogens is 1. The Hall–Kier alpha value is -3.20. The average Bonchev–Trinajstić information content (AvgIpc) is 3.26. The zero-order valence-corrected chi connectivity index (χ0v) is 15.6. The zero-order chi connectivity index (χ0) is 19.7. The molecule has 0 radical (unpaired) electrons. The van der Waals surface area contributed by atoms with E-state index in [1.54, 1.807) is 16.7 Å². The molecule has 2 heterocycles. The fourth-order valence-electron chi connectivity index (χ4n) is 2.81. The third-order valence-electron chi connectivity index (χ3n) is 4.18. The van der Waals surface area contributed by atoms with Crippen LogP contribution in [0.1, 0.15) is 5.56 Å². The highest BCUT2D eigenvalue weighted by Crippen LogP contribution is 2.37. The topological polar surface area (TPSA) is 79.1 Å². The minimum atomic E-state index is -0.468. The summed E-state index contributed by atoms with van der Waals surface area (Å²) < 4.78 is 31.0. The monoisotopic (exact) mass is 402 g/mol. The van der Waals surface area contributed by atoms with E-state index in [0.717, 1.165) is 4.70 Å². The number of amides is 1. The van der Waals surface area contributed by atoms with Gasteiger partial charge in [0.2, 0.25) is 6.79 Å². The number of hydrogen-bond donors (Lipinski definition) is 0. The summed E-state index contributed by atoms with van der Waals surface area (Å²) in [7, 11) is 1.29. The molecule has 0 atom stereocenters. The first kappa shape index (κ1) is 18.2. The molecule has 0 unspecified atom stereocenters. The van der Waals surface area contributed by atoms with Crippen LogP contribution in [0.15, 0.2) is 41.4 Å². The average molecular weight is 402 g/mol. The number of methoxy groups -OCH3 is 1. The van der Waals surface area contributed by atoms with Crippen LogP contribution in [0, 0.1) is 5.82 Å². The molecule has 4 rings (SSSR count). The maximum atomic E-state index is 13.0. The number of carbonyl (C=O) groups excluding carboxylic acids is 2. The number of thiazole rings is 1. The van der Waals surface area contributed by atoms with E-state index in [-0.39, 0.29) is 25.6 Å². The maximum absolute atomic E-state index is 13.0. The van der Waals surface area contributed by atoms with Gasteiger partial charge in [0.05, 0.1) is 23.7 Å². The lowest BCUT2D eigenvalue weighted by molar-refractivity contribution is -0.141. The molecule has 7 nitrogen and oxygen atoms in total. The van der Waals surface area contributed by atoms with Crippen molar-refractivity contribution in [3.63, 3.8) is 0 Å². The van der Waals surface area contributed by atoms with E-state index in [2.05, 4.69) is 4.99 Å². The van der Waals surface area contributed by atoms with E-state index in [0.29, 0.717) is 27.4 Å². The normalized spacial score (nSPS) is 13.1. The number of halogens is 1. The van der Waals surface area contributed by atoms with Crippen LogP contribution in [-0.4, -0.2) is 30.3 Å². The lowest BCUT2D eigenvalue weighted by Crippen LogP contribution is -2.22. The fourth-order valence-corrected chi connectivity index (χ4v) is 3.87. The van der Waals surface area contributed by atoms with Gasteiger partial charge in [-0.3, -0.25) is 9.59 Å². The van der Waals surface area contributed by atoms with Gasteiger partial charge in [0.1, 0.15) is 12.4 Å². The van der Waals surface area contributed by atoms with Gasteiger partial charge in [-0.05, 0) is 17.7 Å². The molecule has 0 N–H and O–H groups in total. The van der Waals surface area contributed by atoms with Crippen LogP contribution in [0.3, 0.4) is 0 Å². The van der Waals surface area contributed by atoms with E-state index in [1.165, 1.54) is 42.7 Å². The number of nitrogens with zero attached hydrogens (tertiary/aromatic N) is 2. The van der Waals surface area contributed by atoms with Crippen molar-refractivity contribution in [3.8, 4) is 11.5 Å². The Kier molecular flexibility index (Phi) is 4.82. The van der Waals surface area contributed by atoms with Crippen molar-refractivity contribution in [3.05, 3.63) is 52.6 Å². The Labute approximate surface area is 162 Å². The minimum absolute atomic E-state index is 0.0233. The minimum Gasteiger partial charge on any atom is -0.468 e. The number of esters is 1. The van der Waals surface area contributed by atoms with Crippen molar-refractivity contribution in [2.45, 2.75) is 13.0 Å². The molecule has 1 amide bonds. The van der Waals surface area contributed by atoms with Gasteiger partial charge < -0.3 is 18.8 Å². The van der Waals surface area contributed by atoms with Gasteiger partial charge >= 0.3 is 5.97 Å². The van der Waals surface area contributed by atoms with Crippen molar-refractivity contribution in [2.75, 3.05) is 13.9 Å². The second-order valence-corrected chi connectivity index (χ2v) is 7.04. The van der Waals surface area contributed by atoms with Crippen LogP contribution in [-0.2, 0) is 27.3 Å². The van der Waals surface area contributed by atoms with Gasteiger partial charge in [-0.2, -0.15) is 4.99 Å². The Morgan fingerprint density at radius 3 is 2.64 bits per heavy atom. The van der Waals surface area contributed by atoms with Crippen molar-refractivity contribution < 1.29 is 28.2 Å². The molecule has 0 spiro atoms. The maximum Gasteiger partial charge on any atom is 0.325 e. The second kappa shape index (κ2) is 7.43. The van der Waals surface area contributed by atoms with Gasteiger partial charge in [-0.25, -0.2) is 4.39 Å². The number of carbonyl (C=O) groups is 2. The van der Waals surface area contributed by atoms with Crippen molar-refractivity contribution in [1.82, 2.24) is 4.57 Å². The first-order valence-corrected chi connectivity index (χ1v) is 9.17. The van der Waals surface area contributed by atoms with Crippen LogP contribution in [0.2, 0.25) is 0 Å². The SMILES string of the molecule is COC(=O)Cn1c(=NC(=O)Cc2ccc(F)cc2)sc2cc3c(cc21)OCO3. The first-order chi connectivity index (χ1) is 13.5. The smallest absolute Gasteiger partial charge is 0.325 e. The number of benzene rings is 2. The lowest BCUT2D eigenvalue weighted by Gasteiger charge is -2.04. The number of ether oxygens (including phenoxy) is 3. The predicted octanol–water partition coefficient (Wildman–Crippen LogP) is 2.41. The van der Waals surface area contributed by atoms with Crippen LogP contribution in [0.5, 0.6) is 11.5 Å². The highest BCUT2D eigenvalue weighted by Gasteiger charge is 2.19. The molecule has 0 bridgehead atoms. The molecule has 1 aliphatic rings. The fraction of sp³-hybridized carbons (Fsp3) is 0.211. The third kappa shape index (κ3) is 3.61. The molecular formula is C19H15FN2O5S. The molecule has 1 aromatic heterocycles. The van der Waals surface area contributed by atoms with Gasteiger partial charge in [-0.1, -0.05) is 23.5 Å². The molecule has 0 fully saturated rings. The number of fused-ring (bicyclic) bond motifs is 2. The largest absolute Gasteiger partial charge is 0.468 e. The van der Waals surface area contributed by atoms with E-state index >= 15 is 0 Å². The van der Waals surface area contributed by atoms with Crippen molar-refractivity contribution >= 4 is 33.4 Å². The summed E-state index contributed by atoms with van der Waals surface area (Å²) in [5, 5.41) is 0. The highest BCUT2D eigenvalue weighted by atomic mass is 32.1. The summed E-state index contributed by atoms with van der Waals surface area (Å²) in [4.78, 5) is 28.8. The van der Waals surface area contributed by atoms with Crippen LogP contribution in [0.4, 0.5) is 4.39 Å². The summed E-state index contributed by atoms with van der Waals surface area (Å²) in [5.41, 5.74) is 1.34. The molecule has 0 aliphatic carbocycles. The molecule has 2 aromatic carbocycles. The number of hydrogen-bond acceptors (Lipinski definition) is 6. The highest BCUT2D eigenvalue weighted by molar-refractivity contribution is 7.16. The molecule has 9 heteroatoms. The van der Waals surface area contributed by atoms with Crippen molar-refractivity contribution in [1.29, 1.82) is 0 Å². The third-order valence-corrected chi connectivity index (χ3v) is 5.22.